The molecule has 0 saturated carbocycles. The van der Waals surface area contributed by atoms with Gasteiger partial charge in [-0.2, -0.15) is 5.10 Å². The van der Waals surface area contributed by atoms with Gasteiger partial charge in [0.15, 0.2) is 0 Å². The van der Waals surface area contributed by atoms with Crippen LogP contribution in [0.4, 0.5) is 5.82 Å². The maximum atomic E-state index is 5.94. The van der Waals surface area contributed by atoms with Gasteiger partial charge in [-0.1, -0.05) is 18.2 Å². The predicted molar refractivity (Wildman–Crippen MR) is 79.2 cm³/mol. The van der Waals surface area contributed by atoms with E-state index in [1.807, 2.05) is 29.8 Å². The van der Waals surface area contributed by atoms with E-state index in [0.717, 1.165) is 49.1 Å². The second kappa shape index (κ2) is 5.64. The Bertz CT molecular complexity index is 573. The topological polar surface area (TPSA) is 56.3 Å². The van der Waals surface area contributed by atoms with E-state index in [1.165, 1.54) is 0 Å². The first-order valence-electron chi connectivity index (χ1n) is 6.98. The van der Waals surface area contributed by atoms with Gasteiger partial charge in [0.2, 0.25) is 0 Å². The summed E-state index contributed by atoms with van der Waals surface area (Å²) in [6.45, 7) is 5.79. The first kappa shape index (κ1) is 13.1. The van der Waals surface area contributed by atoms with E-state index in [0.29, 0.717) is 6.54 Å². The molecule has 2 heterocycles. The Balaban J connectivity index is 2.09. The van der Waals surface area contributed by atoms with Crippen molar-refractivity contribution in [3.05, 3.63) is 41.6 Å². The fourth-order valence-electron chi connectivity index (χ4n) is 2.64. The van der Waals surface area contributed by atoms with Crippen LogP contribution >= 0.6 is 0 Å². The first-order chi connectivity index (χ1) is 9.81. The Kier molecular flexibility index (Phi) is 3.71. The molecule has 1 aromatic carbocycles. The maximum Gasteiger partial charge on any atom is 0.137 e. The standard InChI is InChI=1S/C15H20N4O/c1-12-14(11-16)15(18-7-9-20-10-8-18)19(17-12)13-5-3-2-4-6-13/h2-6H,7-11,16H2,1H3. The van der Waals surface area contributed by atoms with Crippen LogP contribution in [0.2, 0.25) is 0 Å². The van der Waals surface area contributed by atoms with E-state index in [2.05, 4.69) is 22.1 Å². The molecule has 106 valence electrons. The third-order valence-electron chi connectivity index (χ3n) is 3.67. The summed E-state index contributed by atoms with van der Waals surface area (Å²) >= 11 is 0. The average Bonchev–Trinajstić information content (AvgIpc) is 2.85. The zero-order chi connectivity index (χ0) is 13.9. The van der Waals surface area contributed by atoms with Crippen molar-refractivity contribution < 1.29 is 4.74 Å². The molecule has 2 N–H and O–H groups in total. The van der Waals surface area contributed by atoms with Crippen molar-refractivity contribution in [2.45, 2.75) is 13.5 Å². The number of morpholine rings is 1. The van der Waals surface area contributed by atoms with Gasteiger partial charge >= 0.3 is 0 Å². The number of aromatic nitrogens is 2. The molecule has 0 atom stereocenters. The summed E-state index contributed by atoms with van der Waals surface area (Å²) < 4.78 is 7.45. The zero-order valence-electron chi connectivity index (χ0n) is 11.7. The molecule has 1 aliphatic heterocycles. The van der Waals surface area contributed by atoms with E-state index in [-0.39, 0.29) is 0 Å². The molecule has 1 fully saturated rings. The van der Waals surface area contributed by atoms with Crippen LogP contribution in [-0.4, -0.2) is 36.1 Å². The summed E-state index contributed by atoms with van der Waals surface area (Å²) in [7, 11) is 0. The van der Waals surface area contributed by atoms with Crippen molar-refractivity contribution in [3.8, 4) is 5.69 Å². The number of ether oxygens (including phenoxy) is 1. The van der Waals surface area contributed by atoms with Crippen molar-refractivity contribution in [2.75, 3.05) is 31.2 Å². The summed E-state index contributed by atoms with van der Waals surface area (Å²) in [5.74, 6) is 1.11. The molecule has 0 spiro atoms. The highest BCUT2D eigenvalue weighted by molar-refractivity contribution is 5.55. The van der Waals surface area contributed by atoms with Crippen LogP contribution in [0, 0.1) is 6.92 Å². The van der Waals surface area contributed by atoms with E-state index in [4.69, 9.17) is 10.5 Å². The third kappa shape index (κ3) is 2.30. The molecule has 0 unspecified atom stereocenters. The van der Waals surface area contributed by atoms with Gasteiger partial charge in [0.1, 0.15) is 5.82 Å². The summed E-state index contributed by atoms with van der Waals surface area (Å²) in [5.41, 5.74) is 9.12. The summed E-state index contributed by atoms with van der Waals surface area (Å²) in [6, 6.07) is 10.2. The Morgan fingerprint density at radius 1 is 1.20 bits per heavy atom. The molecular weight excluding hydrogens is 252 g/mol. The second-order valence-electron chi connectivity index (χ2n) is 4.94. The minimum absolute atomic E-state index is 0.505. The largest absolute Gasteiger partial charge is 0.378 e. The smallest absolute Gasteiger partial charge is 0.137 e. The van der Waals surface area contributed by atoms with Gasteiger partial charge in [-0.25, -0.2) is 4.68 Å². The fourth-order valence-corrected chi connectivity index (χ4v) is 2.64. The highest BCUT2D eigenvalue weighted by atomic mass is 16.5. The van der Waals surface area contributed by atoms with Gasteiger partial charge in [-0.3, -0.25) is 0 Å². The van der Waals surface area contributed by atoms with Crippen molar-refractivity contribution in [3.63, 3.8) is 0 Å². The first-order valence-corrected chi connectivity index (χ1v) is 6.98. The number of aryl methyl sites for hydroxylation is 1. The van der Waals surface area contributed by atoms with E-state index >= 15 is 0 Å². The molecule has 0 amide bonds. The maximum absolute atomic E-state index is 5.94. The normalized spacial score (nSPS) is 15.6. The molecule has 5 nitrogen and oxygen atoms in total. The van der Waals surface area contributed by atoms with E-state index in [1.54, 1.807) is 0 Å². The number of para-hydroxylation sites is 1. The zero-order valence-corrected chi connectivity index (χ0v) is 11.7. The highest BCUT2D eigenvalue weighted by Gasteiger charge is 2.22. The number of benzene rings is 1. The Morgan fingerprint density at radius 2 is 1.90 bits per heavy atom. The molecule has 1 aliphatic rings. The second-order valence-corrected chi connectivity index (χ2v) is 4.94. The minimum Gasteiger partial charge on any atom is -0.378 e. The number of hydrogen-bond donors (Lipinski definition) is 1. The van der Waals surface area contributed by atoms with Crippen LogP contribution in [-0.2, 0) is 11.3 Å². The van der Waals surface area contributed by atoms with Gasteiger partial charge in [-0.05, 0) is 19.1 Å². The number of rotatable bonds is 3. The van der Waals surface area contributed by atoms with Crippen LogP contribution in [0.5, 0.6) is 0 Å². The predicted octanol–water partition coefficient (Wildman–Crippen LogP) is 1.48. The van der Waals surface area contributed by atoms with Crippen LogP contribution in [0.3, 0.4) is 0 Å². The Hall–Kier alpha value is -1.85. The number of nitrogens with two attached hydrogens (primary N) is 1. The lowest BCUT2D eigenvalue weighted by molar-refractivity contribution is 0.122. The van der Waals surface area contributed by atoms with Crippen molar-refractivity contribution >= 4 is 5.82 Å². The van der Waals surface area contributed by atoms with E-state index < -0.39 is 0 Å². The monoisotopic (exact) mass is 272 g/mol. The minimum atomic E-state index is 0.505. The summed E-state index contributed by atoms with van der Waals surface area (Å²) in [5, 5.41) is 4.68. The van der Waals surface area contributed by atoms with Crippen molar-refractivity contribution in [1.82, 2.24) is 9.78 Å². The Labute approximate surface area is 118 Å². The highest BCUT2D eigenvalue weighted by Crippen LogP contribution is 2.27. The van der Waals surface area contributed by atoms with Crippen LogP contribution < -0.4 is 10.6 Å². The van der Waals surface area contributed by atoms with Gasteiger partial charge in [0, 0.05) is 25.2 Å². The number of anilines is 1. The molecule has 0 bridgehead atoms. The quantitative estimate of drug-likeness (QED) is 0.919. The number of hydrogen-bond acceptors (Lipinski definition) is 4. The van der Waals surface area contributed by atoms with Crippen molar-refractivity contribution in [1.29, 1.82) is 0 Å². The lowest BCUT2D eigenvalue weighted by Crippen LogP contribution is -2.38. The third-order valence-corrected chi connectivity index (χ3v) is 3.67. The molecule has 1 aromatic heterocycles. The molecule has 5 heteroatoms. The lowest BCUT2D eigenvalue weighted by Gasteiger charge is -2.30. The van der Waals surface area contributed by atoms with E-state index in [9.17, 15) is 0 Å². The lowest BCUT2D eigenvalue weighted by atomic mass is 10.2. The van der Waals surface area contributed by atoms with Crippen molar-refractivity contribution in [2.24, 2.45) is 5.73 Å². The molecular formula is C15H20N4O. The fraction of sp³-hybridized carbons (Fsp3) is 0.400. The average molecular weight is 272 g/mol. The molecule has 1 saturated heterocycles. The molecule has 3 rings (SSSR count). The van der Waals surface area contributed by atoms with Crippen LogP contribution in [0.1, 0.15) is 11.3 Å². The molecule has 20 heavy (non-hydrogen) atoms. The number of nitrogens with zero attached hydrogens (tertiary/aromatic N) is 3. The van der Waals surface area contributed by atoms with Crippen LogP contribution in [0.25, 0.3) is 5.69 Å². The molecule has 0 aliphatic carbocycles. The molecule has 2 aromatic rings. The van der Waals surface area contributed by atoms with Gasteiger partial charge in [0.25, 0.3) is 0 Å². The van der Waals surface area contributed by atoms with Crippen LogP contribution in [0.15, 0.2) is 30.3 Å². The SMILES string of the molecule is Cc1nn(-c2ccccc2)c(N2CCOCC2)c1CN. The summed E-state index contributed by atoms with van der Waals surface area (Å²) in [4.78, 5) is 2.32. The van der Waals surface area contributed by atoms with Gasteiger partial charge < -0.3 is 15.4 Å². The Morgan fingerprint density at radius 3 is 2.55 bits per heavy atom. The van der Waals surface area contributed by atoms with Gasteiger partial charge in [0.05, 0.1) is 24.6 Å². The summed E-state index contributed by atoms with van der Waals surface area (Å²) in [6.07, 6.45) is 0. The molecule has 0 radical (unpaired) electrons. The van der Waals surface area contributed by atoms with Gasteiger partial charge in [-0.15, -0.1) is 0 Å².